The third kappa shape index (κ3) is 6.28. The average molecular weight is 472 g/mol. The number of thiophene rings is 1. The summed E-state index contributed by atoms with van der Waals surface area (Å²) in [7, 11) is 0. The van der Waals surface area contributed by atoms with E-state index in [1.54, 1.807) is 16.2 Å². The van der Waals surface area contributed by atoms with Gasteiger partial charge in [-0.25, -0.2) is 4.79 Å². The molecular weight excluding hydrogens is 434 g/mol. The molecule has 3 rings (SSSR count). The van der Waals surface area contributed by atoms with Gasteiger partial charge >= 0.3 is 6.03 Å². The van der Waals surface area contributed by atoms with Crippen molar-refractivity contribution in [3.63, 3.8) is 0 Å². The average Bonchev–Trinajstić information content (AvgIpc) is 3.24. The van der Waals surface area contributed by atoms with Crippen molar-refractivity contribution >= 4 is 23.3 Å². The molecule has 0 fully saturated rings. The second-order valence-electron chi connectivity index (χ2n) is 9.79. The number of carbonyl (C=O) groups excluding carboxylic acids is 2. The molecular formula is C26H37N3O3S. The van der Waals surface area contributed by atoms with Gasteiger partial charge in [0.25, 0.3) is 0 Å². The summed E-state index contributed by atoms with van der Waals surface area (Å²) in [5.74, 6) is 0.785. The topological polar surface area (TPSA) is 61.9 Å². The molecule has 1 aliphatic rings. The fourth-order valence-electron chi connectivity index (χ4n) is 4.04. The highest BCUT2D eigenvalue weighted by molar-refractivity contribution is 7.10. The molecule has 7 heteroatoms. The van der Waals surface area contributed by atoms with Crippen LogP contribution in [0.15, 0.2) is 35.7 Å². The predicted molar refractivity (Wildman–Crippen MR) is 134 cm³/mol. The van der Waals surface area contributed by atoms with Gasteiger partial charge in [0.1, 0.15) is 18.9 Å². The normalized spacial score (nSPS) is 16.7. The quantitative estimate of drug-likeness (QED) is 0.606. The highest BCUT2D eigenvalue weighted by Crippen LogP contribution is 2.34. The van der Waals surface area contributed by atoms with Gasteiger partial charge in [0.05, 0.1) is 6.04 Å². The Kier molecular flexibility index (Phi) is 8.05. The first-order chi connectivity index (χ1) is 15.6. The molecule has 33 heavy (non-hydrogen) atoms. The summed E-state index contributed by atoms with van der Waals surface area (Å²) in [6.07, 6.45) is 1.61. The lowest BCUT2D eigenvalue weighted by Gasteiger charge is -2.38. The van der Waals surface area contributed by atoms with Crippen molar-refractivity contribution in [2.75, 3.05) is 19.7 Å². The van der Waals surface area contributed by atoms with E-state index in [0.717, 1.165) is 29.7 Å². The number of benzene rings is 1. The predicted octanol–water partition coefficient (Wildman–Crippen LogP) is 5.17. The number of ether oxygens (including phenoxy) is 1. The second kappa shape index (κ2) is 10.6. The summed E-state index contributed by atoms with van der Waals surface area (Å²) in [4.78, 5) is 31.4. The van der Waals surface area contributed by atoms with Crippen LogP contribution in [0.5, 0.6) is 5.75 Å². The molecule has 6 nitrogen and oxygen atoms in total. The van der Waals surface area contributed by atoms with E-state index < -0.39 is 0 Å². The minimum atomic E-state index is -0.369. The standard InChI is InChI=1S/C26H37N3O3S/c1-7-19(3)29(25(31)27-26(4,5)6)16-24(30)28-14-12-23-20(13-15-33-23)21(28)17-32-22-11-9-8-10-18(22)2/h8-11,13,15,19,21H,7,12,14,16-17H2,1-6H3,(H,27,31). The van der Waals surface area contributed by atoms with E-state index in [9.17, 15) is 9.59 Å². The van der Waals surface area contributed by atoms with Crippen molar-refractivity contribution in [2.24, 2.45) is 0 Å². The maximum Gasteiger partial charge on any atom is 0.318 e. The summed E-state index contributed by atoms with van der Waals surface area (Å²) in [5, 5.41) is 5.10. The number of rotatable bonds is 7. The molecule has 1 aliphatic heterocycles. The van der Waals surface area contributed by atoms with Crippen LogP contribution >= 0.6 is 11.3 Å². The fourth-order valence-corrected chi connectivity index (χ4v) is 4.97. The van der Waals surface area contributed by atoms with E-state index in [4.69, 9.17) is 4.74 Å². The van der Waals surface area contributed by atoms with Crippen LogP contribution in [0.25, 0.3) is 0 Å². The first-order valence-electron chi connectivity index (χ1n) is 11.7. The molecule has 0 spiro atoms. The van der Waals surface area contributed by atoms with Crippen LogP contribution in [0.4, 0.5) is 4.79 Å². The lowest BCUT2D eigenvalue weighted by molar-refractivity contribution is -0.136. The third-order valence-electron chi connectivity index (χ3n) is 6.08. The molecule has 0 bridgehead atoms. The number of amides is 3. The maximum atomic E-state index is 13.6. The molecule has 2 heterocycles. The molecule has 0 saturated heterocycles. The van der Waals surface area contributed by atoms with Gasteiger partial charge in [-0.05, 0) is 76.1 Å². The van der Waals surface area contributed by atoms with Crippen LogP contribution in [0, 0.1) is 6.92 Å². The van der Waals surface area contributed by atoms with Gasteiger partial charge in [-0.2, -0.15) is 0 Å². The number of fused-ring (bicyclic) bond motifs is 1. The first-order valence-corrected chi connectivity index (χ1v) is 12.6. The number of urea groups is 1. The summed E-state index contributed by atoms with van der Waals surface area (Å²) in [6.45, 7) is 13.0. The number of carbonyl (C=O) groups is 2. The van der Waals surface area contributed by atoms with Crippen molar-refractivity contribution in [2.45, 2.75) is 72.0 Å². The zero-order chi connectivity index (χ0) is 24.2. The Morgan fingerprint density at radius 2 is 2.00 bits per heavy atom. The Morgan fingerprint density at radius 1 is 1.27 bits per heavy atom. The van der Waals surface area contributed by atoms with Crippen molar-refractivity contribution in [1.82, 2.24) is 15.1 Å². The Balaban J connectivity index is 1.80. The summed E-state index contributed by atoms with van der Waals surface area (Å²) in [6, 6.07) is 9.61. The molecule has 2 aromatic rings. The number of para-hydroxylation sites is 1. The van der Waals surface area contributed by atoms with Crippen molar-refractivity contribution in [3.05, 3.63) is 51.7 Å². The number of nitrogens with zero attached hydrogens (tertiary/aromatic N) is 2. The largest absolute Gasteiger partial charge is 0.491 e. The van der Waals surface area contributed by atoms with Gasteiger partial charge in [-0.15, -0.1) is 11.3 Å². The van der Waals surface area contributed by atoms with Crippen molar-refractivity contribution in [3.8, 4) is 5.75 Å². The van der Waals surface area contributed by atoms with Gasteiger partial charge in [0.2, 0.25) is 5.91 Å². The van der Waals surface area contributed by atoms with E-state index in [1.807, 2.05) is 70.7 Å². The van der Waals surface area contributed by atoms with Crippen LogP contribution in [0.2, 0.25) is 0 Å². The molecule has 3 amide bonds. The first kappa shape index (κ1) is 25.1. The molecule has 0 radical (unpaired) electrons. The SMILES string of the molecule is CCC(C)N(CC(=O)N1CCc2sccc2C1COc1ccccc1C)C(=O)NC(C)(C)C. The van der Waals surface area contributed by atoms with Crippen LogP contribution in [-0.2, 0) is 11.2 Å². The number of hydrogen-bond donors (Lipinski definition) is 1. The molecule has 2 unspecified atom stereocenters. The van der Waals surface area contributed by atoms with Gasteiger partial charge < -0.3 is 19.9 Å². The molecule has 180 valence electrons. The molecule has 0 aliphatic carbocycles. The van der Waals surface area contributed by atoms with E-state index >= 15 is 0 Å². The van der Waals surface area contributed by atoms with Crippen LogP contribution < -0.4 is 10.1 Å². The smallest absolute Gasteiger partial charge is 0.318 e. The zero-order valence-corrected chi connectivity index (χ0v) is 21.5. The van der Waals surface area contributed by atoms with Gasteiger partial charge in [-0.3, -0.25) is 4.79 Å². The molecule has 1 aromatic heterocycles. The fraction of sp³-hybridized carbons (Fsp3) is 0.538. The number of aryl methyl sites for hydroxylation is 1. The third-order valence-corrected chi connectivity index (χ3v) is 7.07. The number of nitrogens with one attached hydrogen (secondary N) is 1. The molecule has 0 saturated carbocycles. The molecule has 2 atom stereocenters. The molecule has 1 aromatic carbocycles. The van der Waals surface area contributed by atoms with Crippen molar-refractivity contribution in [1.29, 1.82) is 0 Å². The number of hydrogen-bond acceptors (Lipinski definition) is 4. The van der Waals surface area contributed by atoms with Gasteiger partial charge in [0.15, 0.2) is 0 Å². The minimum absolute atomic E-state index is 0.0422. The van der Waals surface area contributed by atoms with E-state index in [-0.39, 0.29) is 36.1 Å². The lowest BCUT2D eigenvalue weighted by atomic mass is 10.00. The van der Waals surface area contributed by atoms with Gasteiger partial charge in [-0.1, -0.05) is 25.1 Å². The second-order valence-corrected chi connectivity index (χ2v) is 10.8. The monoisotopic (exact) mass is 471 g/mol. The minimum Gasteiger partial charge on any atom is -0.491 e. The summed E-state index contributed by atoms with van der Waals surface area (Å²) >= 11 is 1.73. The van der Waals surface area contributed by atoms with Crippen LogP contribution in [-0.4, -0.2) is 53.0 Å². The van der Waals surface area contributed by atoms with E-state index in [0.29, 0.717) is 13.2 Å². The Bertz CT molecular complexity index is 966. The summed E-state index contributed by atoms with van der Waals surface area (Å²) in [5.41, 5.74) is 1.85. The highest BCUT2D eigenvalue weighted by atomic mass is 32.1. The Labute approximate surface area is 201 Å². The Morgan fingerprint density at radius 3 is 2.67 bits per heavy atom. The van der Waals surface area contributed by atoms with Crippen molar-refractivity contribution < 1.29 is 14.3 Å². The van der Waals surface area contributed by atoms with E-state index in [2.05, 4.69) is 16.8 Å². The maximum absolute atomic E-state index is 13.6. The lowest BCUT2D eigenvalue weighted by Crippen LogP contribution is -2.55. The Hall–Kier alpha value is -2.54. The summed E-state index contributed by atoms with van der Waals surface area (Å²) < 4.78 is 6.19. The highest BCUT2D eigenvalue weighted by Gasteiger charge is 2.34. The van der Waals surface area contributed by atoms with Crippen LogP contribution in [0.1, 0.15) is 63.1 Å². The molecule has 1 N–H and O–H groups in total. The van der Waals surface area contributed by atoms with Crippen LogP contribution in [0.3, 0.4) is 0 Å². The van der Waals surface area contributed by atoms with E-state index in [1.165, 1.54) is 4.88 Å². The van der Waals surface area contributed by atoms with Gasteiger partial charge in [0, 0.05) is 23.0 Å². The zero-order valence-electron chi connectivity index (χ0n) is 20.7.